The molecule has 0 unspecified atom stereocenters. The van der Waals surface area contributed by atoms with Crippen LogP contribution in [0.15, 0.2) is 15.9 Å². The fourth-order valence-corrected chi connectivity index (χ4v) is 3.19. The first-order valence-electron chi connectivity index (χ1n) is 4.37. The highest BCUT2D eigenvalue weighted by Crippen LogP contribution is 2.24. The molecule has 13 heavy (non-hydrogen) atoms. The van der Waals surface area contributed by atoms with E-state index in [2.05, 4.69) is 32.7 Å². The lowest BCUT2D eigenvalue weighted by Gasteiger charge is -2.10. The standard InChI is InChI=1S/C9H12BrNOS/c10-7-2-8(13-5-7)1-6-3-11-4-9(6)12/h2,5-6,9,11-12H,1,3-4H2/t6-,9-/m1/s1. The summed E-state index contributed by atoms with van der Waals surface area (Å²) in [4.78, 5) is 1.35. The summed E-state index contributed by atoms with van der Waals surface area (Å²) in [7, 11) is 0. The molecular weight excluding hydrogens is 250 g/mol. The van der Waals surface area contributed by atoms with E-state index in [1.54, 1.807) is 11.3 Å². The number of β-amino-alcohol motifs (C(OH)–C–C–N with tert-alkyl or cyclic N) is 1. The molecule has 1 fully saturated rings. The van der Waals surface area contributed by atoms with E-state index in [0.29, 0.717) is 5.92 Å². The summed E-state index contributed by atoms with van der Waals surface area (Å²) < 4.78 is 1.15. The lowest BCUT2D eigenvalue weighted by molar-refractivity contribution is 0.148. The Morgan fingerprint density at radius 2 is 2.46 bits per heavy atom. The molecule has 1 aromatic rings. The van der Waals surface area contributed by atoms with Gasteiger partial charge in [0.05, 0.1) is 6.10 Å². The topological polar surface area (TPSA) is 32.3 Å². The zero-order valence-corrected chi connectivity index (χ0v) is 9.57. The van der Waals surface area contributed by atoms with Gasteiger partial charge in [-0.05, 0) is 28.4 Å². The summed E-state index contributed by atoms with van der Waals surface area (Å²) in [6.07, 6.45) is 0.825. The van der Waals surface area contributed by atoms with E-state index in [4.69, 9.17) is 0 Å². The molecular formula is C9H12BrNOS. The molecule has 0 aromatic carbocycles. The Hall–Kier alpha value is 0.1000. The van der Waals surface area contributed by atoms with Gasteiger partial charge in [0.25, 0.3) is 0 Å². The van der Waals surface area contributed by atoms with Crippen LogP contribution >= 0.6 is 27.3 Å². The van der Waals surface area contributed by atoms with E-state index in [1.165, 1.54) is 4.88 Å². The largest absolute Gasteiger partial charge is 0.391 e. The molecule has 0 spiro atoms. The second kappa shape index (κ2) is 4.09. The maximum atomic E-state index is 9.59. The van der Waals surface area contributed by atoms with Crippen LogP contribution in [0.3, 0.4) is 0 Å². The van der Waals surface area contributed by atoms with Gasteiger partial charge < -0.3 is 10.4 Å². The highest BCUT2D eigenvalue weighted by Gasteiger charge is 2.25. The summed E-state index contributed by atoms with van der Waals surface area (Å²) in [6, 6.07) is 2.13. The molecule has 72 valence electrons. The zero-order valence-electron chi connectivity index (χ0n) is 7.16. The van der Waals surface area contributed by atoms with Gasteiger partial charge in [-0.15, -0.1) is 11.3 Å². The van der Waals surface area contributed by atoms with Gasteiger partial charge in [0.2, 0.25) is 0 Å². The molecule has 1 aliphatic heterocycles. The first-order valence-corrected chi connectivity index (χ1v) is 6.04. The zero-order chi connectivity index (χ0) is 9.26. The van der Waals surface area contributed by atoms with E-state index < -0.39 is 0 Å². The summed E-state index contributed by atoms with van der Waals surface area (Å²) in [5.41, 5.74) is 0. The number of hydrogen-bond acceptors (Lipinski definition) is 3. The van der Waals surface area contributed by atoms with Crippen LogP contribution in [0.2, 0.25) is 0 Å². The maximum absolute atomic E-state index is 9.59. The first-order chi connectivity index (χ1) is 6.25. The second-order valence-electron chi connectivity index (χ2n) is 3.42. The Morgan fingerprint density at radius 3 is 3.00 bits per heavy atom. The van der Waals surface area contributed by atoms with Crippen LogP contribution in [0.25, 0.3) is 0 Å². The summed E-state index contributed by atoms with van der Waals surface area (Å²) >= 11 is 5.18. The van der Waals surface area contributed by atoms with Crippen LogP contribution < -0.4 is 5.32 Å². The van der Waals surface area contributed by atoms with Gasteiger partial charge in [-0.25, -0.2) is 0 Å². The van der Waals surface area contributed by atoms with Crippen molar-refractivity contribution in [2.45, 2.75) is 12.5 Å². The molecule has 0 radical (unpaired) electrons. The van der Waals surface area contributed by atoms with Gasteiger partial charge in [0.15, 0.2) is 0 Å². The molecule has 2 heterocycles. The molecule has 1 aromatic heterocycles. The number of aliphatic hydroxyl groups is 1. The monoisotopic (exact) mass is 261 g/mol. The van der Waals surface area contributed by atoms with Crippen molar-refractivity contribution in [1.29, 1.82) is 0 Å². The van der Waals surface area contributed by atoms with Crippen LogP contribution in [0, 0.1) is 5.92 Å². The summed E-state index contributed by atoms with van der Waals surface area (Å²) in [5, 5.41) is 14.9. The lowest BCUT2D eigenvalue weighted by Crippen LogP contribution is -2.19. The first kappa shape index (κ1) is 9.65. The fraction of sp³-hybridized carbons (Fsp3) is 0.556. The minimum absolute atomic E-state index is 0.166. The van der Waals surface area contributed by atoms with E-state index in [9.17, 15) is 5.11 Å². The molecule has 2 rings (SSSR count). The summed E-state index contributed by atoms with van der Waals surface area (Å²) in [6.45, 7) is 1.69. The molecule has 0 amide bonds. The van der Waals surface area contributed by atoms with Gasteiger partial charge in [-0.3, -0.25) is 0 Å². The number of nitrogens with one attached hydrogen (secondary N) is 1. The number of hydrogen-bond donors (Lipinski definition) is 2. The molecule has 2 atom stereocenters. The Bertz CT molecular complexity index is 289. The Kier molecular flexibility index (Phi) is 3.03. The highest BCUT2D eigenvalue weighted by atomic mass is 79.9. The molecule has 2 N–H and O–H groups in total. The Balaban J connectivity index is 1.97. The minimum atomic E-state index is -0.166. The van der Waals surface area contributed by atoms with Crippen LogP contribution in [0.4, 0.5) is 0 Å². The maximum Gasteiger partial charge on any atom is 0.0708 e. The van der Waals surface area contributed by atoms with Crippen molar-refractivity contribution in [2.75, 3.05) is 13.1 Å². The van der Waals surface area contributed by atoms with Gasteiger partial charge in [0, 0.05) is 33.7 Å². The van der Waals surface area contributed by atoms with Crippen molar-refractivity contribution in [2.24, 2.45) is 5.92 Å². The molecule has 4 heteroatoms. The Labute approximate surface area is 90.1 Å². The van der Waals surface area contributed by atoms with E-state index in [1.807, 2.05) is 0 Å². The highest BCUT2D eigenvalue weighted by molar-refractivity contribution is 9.10. The fourth-order valence-electron chi connectivity index (χ4n) is 1.65. The van der Waals surface area contributed by atoms with Crippen molar-refractivity contribution in [3.05, 3.63) is 20.8 Å². The minimum Gasteiger partial charge on any atom is -0.391 e. The number of thiophene rings is 1. The smallest absolute Gasteiger partial charge is 0.0708 e. The van der Waals surface area contributed by atoms with Gasteiger partial charge in [-0.2, -0.15) is 0 Å². The third kappa shape index (κ3) is 2.31. The van der Waals surface area contributed by atoms with Gasteiger partial charge >= 0.3 is 0 Å². The van der Waals surface area contributed by atoms with Gasteiger partial charge in [-0.1, -0.05) is 0 Å². The number of rotatable bonds is 2. The van der Waals surface area contributed by atoms with Crippen LogP contribution in [-0.4, -0.2) is 24.3 Å². The SMILES string of the molecule is O[C@@H]1CNC[C@H]1Cc1cc(Br)cs1. The predicted molar refractivity (Wildman–Crippen MR) is 58.1 cm³/mol. The summed E-state index contributed by atoms with van der Waals surface area (Å²) in [5.74, 6) is 0.394. The number of aliphatic hydroxyl groups excluding tert-OH is 1. The van der Waals surface area contributed by atoms with E-state index in [-0.39, 0.29) is 6.10 Å². The quantitative estimate of drug-likeness (QED) is 0.849. The molecule has 1 saturated heterocycles. The lowest BCUT2D eigenvalue weighted by atomic mass is 10.0. The molecule has 0 aliphatic carbocycles. The molecule has 2 nitrogen and oxygen atoms in total. The average molecular weight is 262 g/mol. The molecule has 0 saturated carbocycles. The van der Waals surface area contributed by atoms with Gasteiger partial charge in [0.1, 0.15) is 0 Å². The van der Waals surface area contributed by atoms with Crippen molar-refractivity contribution >= 4 is 27.3 Å². The molecule has 1 aliphatic rings. The predicted octanol–water partition coefficient (Wildman–Crippen LogP) is 1.63. The van der Waals surface area contributed by atoms with Crippen molar-refractivity contribution in [1.82, 2.24) is 5.32 Å². The normalized spacial score (nSPS) is 28.2. The van der Waals surface area contributed by atoms with Crippen molar-refractivity contribution in [3.63, 3.8) is 0 Å². The van der Waals surface area contributed by atoms with Crippen LogP contribution in [-0.2, 0) is 6.42 Å². The third-order valence-corrected chi connectivity index (χ3v) is 4.11. The molecule has 0 bridgehead atoms. The van der Waals surface area contributed by atoms with Crippen LogP contribution in [0.5, 0.6) is 0 Å². The Morgan fingerprint density at radius 1 is 1.62 bits per heavy atom. The third-order valence-electron chi connectivity index (χ3n) is 2.39. The second-order valence-corrected chi connectivity index (χ2v) is 5.33. The average Bonchev–Trinajstić information content (AvgIpc) is 2.64. The van der Waals surface area contributed by atoms with Crippen molar-refractivity contribution in [3.8, 4) is 0 Å². The van der Waals surface area contributed by atoms with Crippen molar-refractivity contribution < 1.29 is 5.11 Å². The van der Waals surface area contributed by atoms with E-state index in [0.717, 1.165) is 24.0 Å². The number of halogens is 1. The van der Waals surface area contributed by atoms with E-state index >= 15 is 0 Å². The van der Waals surface area contributed by atoms with Crippen LogP contribution in [0.1, 0.15) is 4.88 Å².